The highest BCUT2D eigenvalue weighted by atomic mass is 16.1. The molecule has 26 heavy (non-hydrogen) atoms. The van der Waals surface area contributed by atoms with Gasteiger partial charge in [0.05, 0.1) is 0 Å². The summed E-state index contributed by atoms with van der Waals surface area (Å²) in [5.74, 6) is 0.232. The number of hydrogen-bond acceptors (Lipinski definition) is 1. The van der Waals surface area contributed by atoms with Crippen LogP contribution in [0.15, 0.2) is 60.7 Å². The van der Waals surface area contributed by atoms with Crippen LogP contribution in [-0.2, 0) is 38.5 Å². The Bertz CT molecular complexity index is 995. The quantitative estimate of drug-likeness (QED) is 0.570. The zero-order chi connectivity index (χ0) is 17.5. The molecule has 0 radical (unpaired) electrons. The lowest BCUT2D eigenvalue weighted by atomic mass is 9.86. The van der Waals surface area contributed by atoms with Crippen LogP contribution in [0, 0.1) is 0 Å². The van der Waals surface area contributed by atoms with Crippen molar-refractivity contribution in [3.05, 3.63) is 105 Å². The lowest BCUT2D eigenvalue weighted by molar-refractivity contribution is 0.103. The van der Waals surface area contributed by atoms with Crippen molar-refractivity contribution in [2.24, 2.45) is 0 Å². The van der Waals surface area contributed by atoms with Crippen molar-refractivity contribution in [3.63, 3.8) is 0 Å². The van der Waals surface area contributed by atoms with E-state index >= 15 is 0 Å². The van der Waals surface area contributed by atoms with Gasteiger partial charge in [-0.25, -0.2) is 0 Å². The van der Waals surface area contributed by atoms with Gasteiger partial charge in [-0.1, -0.05) is 60.7 Å². The fourth-order valence-corrected chi connectivity index (χ4v) is 4.54. The van der Waals surface area contributed by atoms with Gasteiger partial charge in [0.1, 0.15) is 0 Å². The van der Waals surface area contributed by atoms with E-state index < -0.39 is 0 Å². The Kier molecular flexibility index (Phi) is 3.74. The fourth-order valence-electron chi connectivity index (χ4n) is 4.54. The molecule has 0 spiro atoms. The maximum atomic E-state index is 13.5. The van der Waals surface area contributed by atoms with E-state index in [1.54, 1.807) is 0 Å². The van der Waals surface area contributed by atoms with E-state index in [1.165, 1.54) is 33.4 Å². The average Bonchev–Trinajstić information content (AvgIpc) is 2.82. The summed E-state index contributed by atoms with van der Waals surface area (Å²) in [6.45, 7) is 0. The van der Waals surface area contributed by atoms with Crippen molar-refractivity contribution in [1.29, 1.82) is 0 Å². The summed E-state index contributed by atoms with van der Waals surface area (Å²) in [6.07, 6.45) is 5.88. The zero-order valence-corrected chi connectivity index (χ0v) is 14.9. The van der Waals surface area contributed by atoms with Crippen LogP contribution in [0.4, 0.5) is 0 Å². The lowest BCUT2D eigenvalue weighted by Gasteiger charge is -2.18. The molecule has 1 heteroatoms. The summed E-state index contributed by atoms with van der Waals surface area (Å²) < 4.78 is 0. The molecule has 0 aliphatic heterocycles. The Morgan fingerprint density at radius 2 is 1.15 bits per heavy atom. The first kappa shape index (κ1) is 15.6. The summed E-state index contributed by atoms with van der Waals surface area (Å²) in [7, 11) is 0. The van der Waals surface area contributed by atoms with Gasteiger partial charge in [-0.15, -0.1) is 0 Å². The Labute approximate surface area is 154 Å². The van der Waals surface area contributed by atoms with Crippen LogP contribution in [0.5, 0.6) is 0 Å². The minimum atomic E-state index is 0.232. The first-order chi connectivity index (χ1) is 12.8. The molecule has 0 saturated carbocycles. The van der Waals surface area contributed by atoms with Crippen LogP contribution < -0.4 is 0 Å². The molecule has 3 aromatic carbocycles. The molecular weight excluding hydrogens is 316 g/mol. The molecule has 5 aliphatic rings. The minimum Gasteiger partial charge on any atom is -0.289 e. The first-order valence-electron chi connectivity index (χ1n) is 9.63. The highest BCUT2D eigenvalue weighted by Gasteiger charge is 2.25. The molecule has 0 heterocycles. The molecular formula is C25H22O. The largest absolute Gasteiger partial charge is 0.289 e. The lowest BCUT2D eigenvalue weighted by Crippen LogP contribution is -2.12. The van der Waals surface area contributed by atoms with E-state index in [1.807, 2.05) is 12.1 Å². The van der Waals surface area contributed by atoms with E-state index in [-0.39, 0.29) is 5.78 Å². The van der Waals surface area contributed by atoms with Crippen molar-refractivity contribution in [3.8, 4) is 0 Å². The number of benzene rings is 3. The predicted octanol–water partition coefficient (Wildman–Crippen LogP) is 4.90. The van der Waals surface area contributed by atoms with Gasteiger partial charge >= 0.3 is 0 Å². The van der Waals surface area contributed by atoms with Crippen LogP contribution in [0.1, 0.15) is 49.3 Å². The van der Waals surface area contributed by atoms with E-state index in [4.69, 9.17) is 0 Å². The van der Waals surface area contributed by atoms with Crippen molar-refractivity contribution >= 4 is 5.78 Å². The summed E-state index contributed by atoms with van der Waals surface area (Å²) in [4.78, 5) is 13.5. The molecule has 1 nitrogen and oxygen atoms in total. The maximum Gasteiger partial charge on any atom is 0.193 e. The van der Waals surface area contributed by atoms with Crippen molar-refractivity contribution < 1.29 is 4.79 Å². The number of carbonyl (C=O) groups is 1. The number of fused-ring (bicyclic) bond motifs is 1. The van der Waals surface area contributed by atoms with Gasteiger partial charge in [-0.2, -0.15) is 0 Å². The smallest absolute Gasteiger partial charge is 0.193 e. The molecule has 0 amide bonds. The topological polar surface area (TPSA) is 17.1 Å². The van der Waals surface area contributed by atoms with Gasteiger partial charge in [0.25, 0.3) is 0 Å². The maximum absolute atomic E-state index is 13.5. The Hall–Kier alpha value is -2.67. The fraction of sp³-hybridized carbons (Fsp3) is 0.240. The third-order valence-corrected chi connectivity index (χ3v) is 6.02. The molecule has 4 bridgehead atoms. The summed E-state index contributed by atoms with van der Waals surface area (Å²) in [5, 5.41) is 0. The Morgan fingerprint density at radius 3 is 1.92 bits per heavy atom. The summed E-state index contributed by atoms with van der Waals surface area (Å²) in [5.41, 5.74) is 9.72. The van der Waals surface area contributed by atoms with E-state index in [0.717, 1.165) is 49.7 Å². The van der Waals surface area contributed by atoms with Crippen molar-refractivity contribution in [2.75, 3.05) is 0 Å². The van der Waals surface area contributed by atoms with E-state index in [0.29, 0.717) is 0 Å². The highest BCUT2D eigenvalue weighted by Crippen LogP contribution is 2.31. The van der Waals surface area contributed by atoms with Crippen molar-refractivity contribution in [1.82, 2.24) is 0 Å². The molecule has 0 atom stereocenters. The number of ketones is 1. The van der Waals surface area contributed by atoms with Crippen LogP contribution in [0.2, 0.25) is 0 Å². The molecule has 128 valence electrons. The molecule has 0 unspecified atom stereocenters. The van der Waals surface area contributed by atoms with Gasteiger partial charge in [0.2, 0.25) is 0 Å². The molecule has 5 aliphatic carbocycles. The molecule has 3 aromatic rings. The Balaban J connectivity index is 1.68. The second kappa shape index (κ2) is 6.25. The molecule has 8 rings (SSSR count). The second-order valence-corrected chi connectivity index (χ2v) is 7.54. The number of hydrogen-bond donors (Lipinski definition) is 0. The highest BCUT2D eigenvalue weighted by molar-refractivity contribution is 6.12. The summed E-state index contributed by atoms with van der Waals surface area (Å²) in [6, 6.07) is 21.7. The van der Waals surface area contributed by atoms with Gasteiger partial charge in [-0.3, -0.25) is 4.79 Å². The van der Waals surface area contributed by atoms with Gasteiger partial charge in [0, 0.05) is 11.1 Å². The Morgan fingerprint density at radius 1 is 0.538 bits per heavy atom. The van der Waals surface area contributed by atoms with Gasteiger partial charge in [0.15, 0.2) is 5.78 Å². The molecule has 0 aromatic heterocycles. The molecule has 0 saturated heterocycles. The van der Waals surface area contributed by atoms with Crippen LogP contribution in [0.3, 0.4) is 0 Å². The van der Waals surface area contributed by atoms with E-state index in [9.17, 15) is 4.79 Å². The van der Waals surface area contributed by atoms with Gasteiger partial charge in [-0.05, 0) is 71.9 Å². The average molecular weight is 338 g/mol. The normalized spacial score (nSPS) is 15.6. The number of rotatable bonds is 0. The van der Waals surface area contributed by atoms with E-state index in [2.05, 4.69) is 48.5 Å². The van der Waals surface area contributed by atoms with Crippen molar-refractivity contribution in [2.45, 2.75) is 38.5 Å². The monoisotopic (exact) mass is 338 g/mol. The third kappa shape index (κ3) is 2.59. The zero-order valence-electron chi connectivity index (χ0n) is 14.9. The molecule has 0 fully saturated rings. The summed E-state index contributed by atoms with van der Waals surface area (Å²) >= 11 is 0. The standard InChI is InChI=1S/C25H22O/c26-25-23-4-2-1-3-19(23)15-16-22-20-11-9-17-5-7-18(8-6-17)10-12-21(14-13-20)24(22)25/h1-8,13-14H,9-12,15-16H2. The SMILES string of the molecule is O=C1c2ccccc2CCc2c3ccc(c21)CCc1ccc(cc1)CC3. The number of carbonyl (C=O) groups excluding carboxylic acids is 1. The predicted molar refractivity (Wildman–Crippen MR) is 105 cm³/mol. The first-order valence-corrected chi connectivity index (χ1v) is 9.63. The molecule has 0 N–H and O–H groups in total. The van der Waals surface area contributed by atoms with Gasteiger partial charge < -0.3 is 0 Å². The third-order valence-electron chi connectivity index (χ3n) is 6.02. The number of aryl methyl sites for hydroxylation is 5. The second-order valence-electron chi connectivity index (χ2n) is 7.54. The van der Waals surface area contributed by atoms with Crippen LogP contribution in [-0.4, -0.2) is 5.78 Å². The van der Waals surface area contributed by atoms with Crippen LogP contribution in [0.25, 0.3) is 0 Å². The minimum absolute atomic E-state index is 0.232. The van der Waals surface area contributed by atoms with Crippen LogP contribution >= 0.6 is 0 Å².